The molecule has 0 saturated heterocycles. The van der Waals surface area contributed by atoms with Gasteiger partial charge in [-0.1, -0.05) is 0 Å². The molecule has 3 heteroatoms. The first-order chi connectivity index (χ1) is 5.29. The van der Waals surface area contributed by atoms with E-state index in [4.69, 9.17) is 0 Å². The number of aryl methyl sites for hydroxylation is 1. The second-order valence-corrected chi connectivity index (χ2v) is 2.43. The minimum Gasteiger partial charge on any atom is -0.357 e. The Bertz CT molecular complexity index is 213. The Balaban J connectivity index is 2.81. The van der Waals surface area contributed by atoms with Crippen molar-refractivity contribution in [2.45, 2.75) is 13.8 Å². The van der Waals surface area contributed by atoms with E-state index in [0.29, 0.717) is 0 Å². The Hall–Kier alpha value is -0.990. The van der Waals surface area contributed by atoms with Crippen molar-refractivity contribution in [2.75, 3.05) is 18.0 Å². The molecule has 0 aliphatic carbocycles. The van der Waals surface area contributed by atoms with E-state index in [9.17, 15) is 0 Å². The van der Waals surface area contributed by atoms with E-state index in [0.717, 1.165) is 18.9 Å². The van der Waals surface area contributed by atoms with Gasteiger partial charge >= 0.3 is 0 Å². The molecule has 0 unspecified atom stereocenters. The van der Waals surface area contributed by atoms with Crippen molar-refractivity contribution >= 4 is 5.82 Å². The maximum absolute atomic E-state index is 3.98. The summed E-state index contributed by atoms with van der Waals surface area (Å²) in [6.45, 7) is 6.31. The van der Waals surface area contributed by atoms with Gasteiger partial charge in [-0.15, -0.1) is 0 Å². The zero-order valence-electron chi connectivity index (χ0n) is 7.33. The zero-order chi connectivity index (χ0) is 8.27. The van der Waals surface area contributed by atoms with Crippen molar-refractivity contribution in [1.29, 1.82) is 0 Å². The second kappa shape index (κ2) is 3.42. The molecule has 1 aromatic heterocycles. The summed E-state index contributed by atoms with van der Waals surface area (Å²) in [6.07, 6.45) is 2.82. The van der Waals surface area contributed by atoms with Gasteiger partial charge in [0.1, 0.15) is 12.0 Å². The fourth-order valence-corrected chi connectivity index (χ4v) is 1.16. The molecule has 0 aliphatic rings. The maximum Gasteiger partial charge on any atom is 0.127 e. The molecule has 0 amide bonds. The molecule has 0 fully saturated rings. The van der Waals surface area contributed by atoms with Gasteiger partial charge in [0.15, 0.2) is 0 Å². The molecule has 1 rings (SSSR count). The van der Waals surface area contributed by atoms with Crippen LogP contribution in [0, 0.1) is 6.20 Å². The second-order valence-electron chi connectivity index (χ2n) is 2.43. The van der Waals surface area contributed by atoms with E-state index < -0.39 is 0 Å². The Labute approximate surface area is 67.6 Å². The minimum atomic E-state index is 1.02. The molecule has 0 N–H and O–H groups in total. The standard InChI is InChI=1S/C8H14N3/c1-4-11(5-2)8-6-7-9-10(8)3/h6H,4-5H2,1-3H3. The first-order valence-corrected chi connectivity index (χ1v) is 3.94. The highest BCUT2D eigenvalue weighted by Crippen LogP contribution is 2.09. The number of nitrogens with zero attached hydrogens (tertiary/aromatic N) is 3. The fourth-order valence-electron chi connectivity index (χ4n) is 1.16. The molecule has 1 heterocycles. The van der Waals surface area contributed by atoms with Crippen LogP contribution in [-0.2, 0) is 7.05 Å². The lowest BCUT2D eigenvalue weighted by Gasteiger charge is -2.19. The number of aromatic nitrogens is 2. The van der Waals surface area contributed by atoms with Crippen molar-refractivity contribution in [3.05, 3.63) is 12.3 Å². The van der Waals surface area contributed by atoms with E-state index in [1.54, 1.807) is 0 Å². The Kier molecular flexibility index (Phi) is 2.52. The molecule has 0 aliphatic heterocycles. The fraction of sp³-hybridized carbons (Fsp3) is 0.625. The van der Waals surface area contributed by atoms with Crippen LogP contribution in [0.1, 0.15) is 13.8 Å². The van der Waals surface area contributed by atoms with Crippen molar-refractivity contribution in [2.24, 2.45) is 7.05 Å². The summed E-state index contributed by atoms with van der Waals surface area (Å²) in [5.41, 5.74) is 0. The topological polar surface area (TPSA) is 21.1 Å². The molecule has 0 aromatic carbocycles. The lowest BCUT2D eigenvalue weighted by molar-refractivity contribution is 0.720. The van der Waals surface area contributed by atoms with Gasteiger partial charge in [0.05, 0.1) is 0 Å². The molecule has 0 spiro atoms. The molecule has 1 aromatic rings. The molecule has 0 bridgehead atoms. The molecule has 1 radical (unpaired) electrons. The van der Waals surface area contributed by atoms with Crippen LogP contribution >= 0.6 is 0 Å². The molecular formula is C8H14N3. The van der Waals surface area contributed by atoms with Gasteiger partial charge in [-0.25, -0.2) is 0 Å². The van der Waals surface area contributed by atoms with E-state index >= 15 is 0 Å². The number of anilines is 1. The number of rotatable bonds is 3. The third-order valence-corrected chi connectivity index (χ3v) is 1.82. The molecule has 11 heavy (non-hydrogen) atoms. The lowest BCUT2D eigenvalue weighted by Crippen LogP contribution is -2.24. The maximum atomic E-state index is 3.98. The lowest BCUT2D eigenvalue weighted by atomic mass is 10.5. The minimum absolute atomic E-state index is 1.02. The Morgan fingerprint density at radius 1 is 1.55 bits per heavy atom. The van der Waals surface area contributed by atoms with Crippen molar-refractivity contribution < 1.29 is 0 Å². The monoisotopic (exact) mass is 152 g/mol. The van der Waals surface area contributed by atoms with Gasteiger partial charge in [0.2, 0.25) is 0 Å². The molecule has 3 nitrogen and oxygen atoms in total. The van der Waals surface area contributed by atoms with Gasteiger partial charge < -0.3 is 4.90 Å². The summed E-state index contributed by atoms with van der Waals surface area (Å²) in [4.78, 5) is 2.24. The van der Waals surface area contributed by atoms with Crippen LogP contribution in [0.25, 0.3) is 0 Å². The molecule has 61 valence electrons. The predicted molar refractivity (Wildman–Crippen MR) is 45.6 cm³/mol. The highest BCUT2D eigenvalue weighted by atomic mass is 15.3. The summed E-state index contributed by atoms with van der Waals surface area (Å²) in [7, 11) is 1.93. The van der Waals surface area contributed by atoms with Crippen LogP contribution in [0.4, 0.5) is 5.82 Å². The van der Waals surface area contributed by atoms with Gasteiger partial charge in [-0.05, 0) is 13.8 Å². The summed E-state index contributed by atoms with van der Waals surface area (Å²) in [5.74, 6) is 1.13. The van der Waals surface area contributed by atoms with Crippen LogP contribution in [0.3, 0.4) is 0 Å². The van der Waals surface area contributed by atoms with E-state index in [-0.39, 0.29) is 0 Å². The molecule has 0 atom stereocenters. The summed E-state index contributed by atoms with van der Waals surface area (Å²) in [5, 5.41) is 3.98. The largest absolute Gasteiger partial charge is 0.357 e. The average molecular weight is 152 g/mol. The predicted octanol–water partition coefficient (Wildman–Crippen LogP) is 1.07. The Morgan fingerprint density at radius 2 is 2.18 bits per heavy atom. The zero-order valence-corrected chi connectivity index (χ0v) is 7.33. The van der Waals surface area contributed by atoms with Crippen LogP contribution in [0.2, 0.25) is 0 Å². The van der Waals surface area contributed by atoms with Crippen molar-refractivity contribution in [3.63, 3.8) is 0 Å². The molecular weight excluding hydrogens is 138 g/mol. The third kappa shape index (κ3) is 1.53. The first-order valence-electron chi connectivity index (χ1n) is 3.94. The van der Waals surface area contributed by atoms with Crippen molar-refractivity contribution in [1.82, 2.24) is 9.78 Å². The smallest absolute Gasteiger partial charge is 0.127 e. The normalized spacial score (nSPS) is 10.1. The van der Waals surface area contributed by atoms with E-state index in [1.165, 1.54) is 0 Å². The van der Waals surface area contributed by atoms with E-state index in [1.807, 2.05) is 17.8 Å². The van der Waals surface area contributed by atoms with Crippen LogP contribution < -0.4 is 4.90 Å². The third-order valence-electron chi connectivity index (χ3n) is 1.82. The van der Waals surface area contributed by atoms with E-state index in [2.05, 4.69) is 30.0 Å². The molecule has 0 saturated carbocycles. The first kappa shape index (κ1) is 8.11. The summed E-state index contributed by atoms with van der Waals surface area (Å²) in [6, 6.07) is 1.91. The quantitative estimate of drug-likeness (QED) is 0.646. The highest BCUT2D eigenvalue weighted by molar-refractivity contribution is 5.36. The van der Waals surface area contributed by atoms with Crippen molar-refractivity contribution in [3.8, 4) is 0 Å². The van der Waals surface area contributed by atoms with Gasteiger partial charge in [-0.3, -0.25) is 4.68 Å². The number of hydrogen-bond donors (Lipinski definition) is 0. The van der Waals surface area contributed by atoms with Gasteiger partial charge in [0, 0.05) is 26.2 Å². The van der Waals surface area contributed by atoms with Crippen LogP contribution in [0.15, 0.2) is 6.07 Å². The summed E-state index contributed by atoms with van der Waals surface area (Å²) >= 11 is 0. The highest BCUT2D eigenvalue weighted by Gasteiger charge is 2.04. The van der Waals surface area contributed by atoms with Gasteiger partial charge in [0.25, 0.3) is 0 Å². The van der Waals surface area contributed by atoms with Crippen LogP contribution in [-0.4, -0.2) is 22.9 Å². The summed E-state index contributed by atoms with van der Waals surface area (Å²) < 4.78 is 1.84. The average Bonchev–Trinajstić information content (AvgIpc) is 2.40. The van der Waals surface area contributed by atoms with Crippen LogP contribution in [0.5, 0.6) is 0 Å². The SMILES string of the molecule is CCN(CC)c1c[c]nn1C. The Morgan fingerprint density at radius 3 is 2.55 bits per heavy atom. The van der Waals surface area contributed by atoms with Gasteiger partial charge in [-0.2, -0.15) is 5.10 Å². The number of hydrogen-bond acceptors (Lipinski definition) is 2.